The maximum absolute atomic E-state index is 11.1. The van der Waals surface area contributed by atoms with Crippen LogP contribution in [0.25, 0.3) is 0 Å². The summed E-state index contributed by atoms with van der Waals surface area (Å²) >= 11 is 0. The normalized spacial score (nSPS) is 14.8. The van der Waals surface area contributed by atoms with Gasteiger partial charge in [0, 0.05) is 28.9 Å². The second-order valence-electron chi connectivity index (χ2n) is 4.99. The van der Waals surface area contributed by atoms with Crippen molar-refractivity contribution in [2.24, 2.45) is 0 Å². The Labute approximate surface area is 110 Å². The maximum atomic E-state index is 11.1. The molecule has 0 rings (SSSR count). The van der Waals surface area contributed by atoms with E-state index >= 15 is 0 Å². The largest absolute Gasteiger partial charge is 0.316 e. The van der Waals surface area contributed by atoms with Crippen LogP contribution in [0.4, 0.5) is 0 Å². The molecule has 104 valence electrons. The molecule has 0 bridgehead atoms. The van der Waals surface area contributed by atoms with E-state index in [0.29, 0.717) is 0 Å². The van der Waals surface area contributed by atoms with E-state index in [1.165, 1.54) is 51.4 Å². The molecule has 0 aromatic carbocycles. The lowest BCUT2D eigenvalue weighted by Crippen LogP contribution is -2.28. The number of hydrogen-bond donors (Lipinski definition) is 1. The average Bonchev–Trinajstić information content (AvgIpc) is 2.31. The minimum atomic E-state index is -0.686. The molecule has 2 atom stereocenters. The summed E-state index contributed by atoms with van der Waals surface area (Å²) in [5.41, 5.74) is 0. The van der Waals surface area contributed by atoms with Gasteiger partial charge in [-0.05, 0) is 19.9 Å². The Morgan fingerprint density at radius 1 is 1.00 bits per heavy atom. The SMILES string of the molecule is CCCCCCCCCCNCC(C)S(C)=O. The van der Waals surface area contributed by atoms with Gasteiger partial charge in [-0.15, -0.1) is 0 Å². The van der Waals surface area contributed by atoms with E-state index in [1.54, 1.807) is 6.26 Å². The van der Waals surface area contributed by atoms with Crippen LogP contribution in [0.5, 0.6) is 0 Å². The fourth-order valence-corrected chi connectivity index (χ4v) is 2.16. The van der Waals surface area contributed by atoms with Crippen molar-refractivity contribution in [1.29, 1.82) is 0 Å². The van der Waals surface area contributed by atoms with Crippen LogP contribution in [-0.2, 0) is 10.8 Å². The summed E-state index contributed by atoms with van der Waals surface area (Å²) in [5, 5.41) is 3.67. The first kappa shape index (κ1) is 17.1. The van der Waals surface area contributed by atoms with Crippen LogP contribution in [0.1, 0.15) is 65.2 Å². The third-order valence-corrected chi connectivity index (χ3v) is 4.51. The van der Waals surface area contributed by atoms with Gasteiger partial charge in [0.1, 0.15) is 0 Å². The average molecular weight is 261 g/mol. The molecule has 0 saturated heterocycles. The molecule has 0 amide bonds. The Morgan fingerprint density at radius 3 is 2.06 bits per heavy atom. The van der Waals surface area contributed by atoms with Crippen LogP contribution in [0.3, 0.4) is 0 Å². The lowest BCUT2D eigenvalue weighted by molar-refractivity contribution is 0.554. The molecule has 0 fully saturated rings. The summed E-state index contributed by atoms with van der Waals surface area (Å²) in [7, 11) is -0.686. The molecule has 0 heterocycles. The molecule has 0 aliphatic rings. The van der Waals surface area contributed by atoms with Gasteiger partial charge >= 0.3 is 0 Å². The third-order valence-electron chi connectivity index (χ3n) is 3.21. The first-order valence-corrected chi connectivity index (χ1v) is 8.83. The number of hydrogen-bond acceptors (Lipinski definition) is 2. The van der Waals surface area contributed by atoms with Gasteiger partial charge in [0.25, 0.3) is 0 Å². The van der Waals surface area contributed by atoms with Crippen LogP contribution >= 0.6 is 0 Å². The van der Waals surface area contributed by atoms with Gasteiger partial charge in [-0.25, -0.2) is 0 Å². The molecular formula is C14H31NOS. The Morgan fingerprint density at radius 2 is 1.53 bits per heavy atom. The van der Waals surface area contributed by atoms with Gasteiger partial charge in [0.05, 0.1) is 0 Å². The van der Waals surface area contributed by atoms with Gasteiger partial charge in [-0.2, -0.15) is 0 Å². The summed E-state index contributed by atoms with van der Waals surface area (Å²) in [6, 6.07) is 0. The summed E-state index contributed by atoms with van der Waals surface area (Å²) < 4.78 is 11.1. The molecule has 2 nitrogen and oxygen atoms in total. The van der Waals surface area contributed by atoms with E-state index in [1.807, 2.05) is 6.92 Å². The molecule has 0 aliphatic carbocycles. The smallest absolute Gasteiger partial charge is 0.0441 e. The van der Waals surface area contributed by atoms with Crippen LogP contribution in [-0.4, -0.2) is 28.8 Å². The van der Waals surface area contributed by atoms with Crippen molar-refractivity contribution >= 4 is 10.8 Å². The Hall–Kier alpha value is 0.110. The standard InChI is InChI=1S/C14H31NOS/c1-4-5-6-7-8-9-10-11-12-15-13-14(2)17(3)16/h14-15H,4-13H2,1-3H3. The van der Waals surface area contributed by atoms with E-state index in [0.717, 1.165) is 13.1 Å². The number of nitrogens with one attached hydrogen (secondary N) is 1. The highest BCUT2D eigenvalue weighted by Gasteiger charge is 2.03. The van der Waals surface area contributed by atoms with Gasteiger partial charge < -0.3 is 5.32 Å². The highest BCUT2D eigenvalue weighted by atomic mass is 32.2. The molecule has 1 N–H and O–H groups in total. The monoisotopic (exact) mass is 261 g/mol. The van der Waals surface area contributed by atoms with E-state index < -0.39 is 10.8 Å². The first-order chi connectivity index (χ1) is 8.18. The minimum absolute atomic E-state index is 0.282. The Kier molecular flexibility index (Phi) is 12.6. The van der Waals surface area contributed by atoms with Crippen LogP contribution in [0.15, 0.2) is 0 Å². The van der Waals surface area contributed by atoms with E-state index in [-0.39, 0.29) is 5.25 Å². The topological polar surface area (TPSA) is 29.1 Å². The predicted molar refractivity (Wildman–Crippen MR) is 79.0 cm³/mol. The summed E-state index contributed by atoms with van der Waals surface area (Å²) in [4.78, 5) is 0. The fourth-order valence-electron chi connectivity index (χ4n) is 1.81. The van der Waals surface area contributed by atoms with Crippen molar-refractivity contribution in [3.05, 3.63) is 0 Å². The minimum Gasteiger partial charge on any atom is -0.316 e. The van der Waals surface area contributed by atoms with E-state index in [2.05, 4.69) is 12.2 Å². The molecular weight excluding hydrogens is 230 g/mol. The third kappa shape index (κ3) is 12.4. The molecule has 0 aromatic rings. The molecule has 3 heteroatoms. The second kappa shape index (κ2) is 12.6. The highest BCUT2D eigenvalue weighted by Crippen LogP contribution is 2.07. The van der Waals surface area contributed by atoms with Crippen molar-refractivity contribution in [1.82, 2.24) is 5.32 Å². The molecule has 17 heavy (non-hydrogen) atoms. The van der Waals surface area contributed by atoms with Gasteiger partial charge in [-0.3, -0.25) is 4.21 Å². The van der Waals surface area contributed by atoms with Crippen molar-refractivity contribution in [3.63, 3.8) is 0 Å². The molecule has 0 radical (unpaired) electrons. The fraction of sp³-hybridized carbons (Fsp3) is 1.00. The van der Waals surface area contributed by atoms with Crippen LogP contribution in [0.2, 0.25) is 0 Å². The van der Waals surface area contributed by atoms with Crippen molar-refractivity contribution < 1.29 is 4.21 Å². The highest BCUT2D eigenvalue weighted by molar-refractivity contribution is 7.84. The van der Waals surface area contributed by atoms with Crippen molar-refractivity contribution in [2.75, 3.05) is 19.3 Å². The van der Waals surface area contributed by atoms with Crippen LogP contribution in [0, 0.1) is 0 Å². The summed E-state index contributed by atoms with van der Waals surface area (Å²) in [5.74, 6) is 0. The predicted octanol–water partition coefficient (Wildman–Crippen LogP) is 3.48. The molecule has 0 spiro atoms. The van der Waals surface area contributed by atoms with E-state index in [4.69, 9.17) is 0 Å². The summed E-state index contributed by atoms with van der Waals surface area (Å²) in [6.07, 6.45) is 12.7. The van der Waals surface area contributed by atoms with Crippen molar-refractivity contribution in [2.45, 2.75) is 70.5 Å². The van der Waals surface area contributed by atoms with E-state index in [9.17, 15) is 4.21 Å². The number of unbranched alkanes of at least 4 members (excludes halogenated alkanes) is 7. The summed E-state index contributed by atoms with van der Waals surface area (Å²) in [6.45, 7) is 6.27. The second-order valence-corrected chi connectivity index (χ2v) is 6.79. The zero-order valence-electron chi connectivity index (χ0n) is 12.0. The zero-order chi connectivity index (χ0) is 12.9. The molecule has 2 unspecified atom stereocenters. The first-order valence-electron chi connectivity index (χ1n) is 7.21. The molecule has 0 aliphatic heterocycles. The van der Waals surface area contributed by atoms with Crippen LogP contribution < -0.4 is 5.32 Å². The quantitative estimate of drug-likeness (QED) is 0.545. The lowest BCUT2D eigenvalue weighted by Gasteiger charge is -2.09. The molecule has 0 aromatic heterocycles. The van der Waals surface area contributed by atoms with Gasteiger partial charge in [0.2, 0.25) is 0 Å². The lowest BCUT2D eigenvalue weighted by atomic mass is 10.1. The Bertz CT molecular complexity index is 185. The van der Waals surface area contributed by atoms with Gasteiger partial charge in [-0.1, -0.05) is 51.9 Å². The van der Waals surface area contributed by atoms with Gasteiger partial charge in [0.15, 0.2) is 0 Å². The Balaban J connectivity index is 3.06. The number of rotatable bonds is 12. The molecule has 0 saturated carbocycles. The van der Waals surface area contributed by atoms with Crippen molar-refractivity contribution in [3.8, 4) is 0 Å². The maximum Gasteiger partial charge on any atom is 0.0441 e. The zero-order valence-corrected chi connectivity index (χ0v) is 12.8.